The molecule has 7 heteroatoms. The average Bonchev–Trinajstić information content (AvgIpc) is 3.25. The number of hydrogen-bond acceptors (Lipinski definition) is 5. The first-order chi connectivity index (χ1) is 16.2. The largest absolute Gasteiger partial charge is 0.379 e. The van der Waals surface area contributed by atoms with Crippen LogP contribution in [0.4, 0.5) is 5.69 Å². The van der Waals surface area contributed by atoms with E-state index in [2.05, 4.69) is 50.2 Å². The lowest BCUT2D eigenvalue weighted by Gasteiger charge is -2.41. The summed E-state index contributed by atoms with van der Waals surface area (Å²) in [6.07, 6.45) is 1.65. The Bertz CT molecular complexity index is 1300. The molecular weight excluding hydrogens is 414 g/mol. The third-order valence-corrected chi connectivity index (χ3v) is 6.73. The lowest BCUT2D eigenvalue weighted by molar-refractivity contribution is 0.0342. The Morgan fingerprint density at radius 1 is 0.970 bits per heavy atom. The zero-order chi connectivity index (χ0) is 22.2. The lowest BCUT2D eigenvalue weighted by Crippen LogP contribution is -2.45. The molecule has 4 heterocycles. The maximum Gasteiger partial charge on any atom is 0.259 e. The molecule has 0 spiro atoms. The van der Waals surface area contributed by atoms with Crippen LogP contribution < -0.4 is 10.5 Å². The molecule has 0 amide bonds. The Morgan fingerprint density at radius 2 is 1.73 bits per heavy atom. The molecule has 0 atom stereocenters. The topological polar surface area (TPSA) is 66.4 Å². The van der Waals surface area contributed by atoms with Crippen LogP contribution in [0.15, 0.2) is 71.7 Å². The van der Waals surface area contributed by atoms with Crippen molar-refractivity contribution in [2.24, 2.45) is 0 Å². The van der Waals surface area contributed by atoms with Crippen molar-refractivity contribution < 1.29 is 4.74 Å². The predicted octanol–water partition coefficient (Wildman–Crippen LogP) is 3.15. The van der Waals surface area contributed by atoms with Gasteiger partial charge in [0.2, 0.25) is 0 Å². The number of hydrogen-bond donors (Lipinski definition) is 1. The van der Waals surface area contributed by atoms with Crippen molar-refractivity contribution in [1.29, 1.82) is 0 Å². The number of aromatic amines is 1. The van der Waals surface area contributed by atoms with Gasteiger partial charge in [-0.25, -0.2) is 4.68 Å². The van der Waals surface area contributed by atoms with Crippen LogP contribution >= 0.6 is 0 Å². The van der Waals surface area contributed by atoms with Crippen LogP contribution in [-0.2, 0) is 11.3 Å². The molecule has 2 saturated heterocycles. The molecular formula is C26H27N5O2. The second-order valence-electron chi connectivity index (χ2n) is 8.90. The fourth-order valence-corrected chi connectivity index (χ4v) is 4.76. The van der Waals surface area contributed by atoms with E-state index in [0.29, 0.717) is 11.3 Å². The Balaban J connectivity index is 1.16. The molecule has 2 aromatic heterocycles. The molecule has 6 rings (SSSR count). The number of para-hydroxylation sites is 1. The summed E-state index contributed by atoms with van der Waals surface area (Å²) in [5.74, 6) is 0.300. The summed E-state index contributed by atoms with van der Waals surface area (Å²) in [6.45, 7) is 6.42. The van der Waals surface area contributed by atoms with Crippen molar-refractivity contribution in [2.45, 2.75) is 12.5 Å². The van der Waals surface area contributed by atoms with Crippen molar-refractivity contribution in [3.8, 4) is 5.69 Å². The number of morpholine rings is 1. The number of pyridine rings is 1. The van der Waals surface area contributed by atoms with Crippen LogP contribution in [0.2, 0.25) is 0 Å². The highest BCUT2D eigenvalue weighted by Gasteiger charge is 2.30. The van der Waals surface area contributed by atoms with Crippen LogP contribution in [0, 0.1) is 0 Å². The SMILES string of the molecule is O=c1[nH]c(C2CN(c3ccc(CN4CCOCC4)cc3)C2)cc2c1cnn2-c1ccccc1. The van der Waals surface area contributed by atoms with Crippen molar-refractivity contribution in [1.82, 2.24) is 19.7 Å². The van der Waals surface area contributed by atoms with Gasteiger partial charge in [0.1, 0.15) is 0 Å². The highest BCUT2D eigenvalue weighted by Crippen LogP contribution is 2.31. The van der Waals surface area contributed by atoms with Crippen LogP contribution in [0.3, 0.4) is 0 Å². The number of ether oxygens (including phenoxy) is 1. The number of nitrogens with one attached hydrogen (secondary N) is 1. The van der Waals surface area contributed by atoms with Crippen LogP contribution in [0.5, 0.6) is 0 Å². The van der Waals surface area contributed by atoms with E-state index in [4.69, 9.17) is 4.74 Å². The molecule has 33 heavy (non-hydrogen) atoms. The van der Waals surface area contributed by atoms with Gasteiger partial charge in [0.05, 0.1) is 36.0 Å². The zero-order valence-corrected chi connectivity index (χ0v) is 18.5. The molecule has 168 valence electrons. The standard InChI is InChI=1S/C26H27N5O2/c32-26-23-15-27-31(22-4-2-1-3-5-22)25(23)14-24(28-26)20-17-30(18-20)21-8-6-19(7-9-21)16-29-10-12-33-13-11-29/h1-9,14-15,20H,10-13,16-18H2,(H,28,32). The molecule has 2 aliphatic heterocycles. The highest BCUT2D eigenvalue weighted by atomic mass is 16.5. The van der Waals surface area contributed by atoms with Crippen LogP contribution in [0.25, 0.3) is 16.6 Å². The van der Waals surface area contributed by atoms with Gasteiger partial charge >= 0.3 is 0 Å². The summed E-state index contributed by atoms with van der Waals surface area (Å²) < 4.78 is 7.28. The van der Waals surface area contributed by atoms with Gasteiger partial charge in [-0.3, -0.25) is 9.69 Å². The van der Waals surface area contributed by atoms with Crippen molar-refractivity contribution >= 4 is 16.6 Å². The van der Waals surface area contributed by atoms with Crippen molar-refractivity contribution in [3.05, 3.63) is 88.5 Å². The molecule has 0 saturated carbocycles. The zero-order valence-electron chi connectivity index (χ0n) is 18.5. The maximum absolute atomic E-state index is 12.7. The molecule has 1 N–H and O–H groups in total. The number of anilines is 1. The van der Waals surface area contributed by atoms with E-state index >= 15 is 0 Å². The summed E-state index contributed by atoms with van der Waals surface area (Å²) in [5, 5.41) is 5.08. The number of aromatic nitrogens is 3. The minimum absolute atomic E-state index is 0.0735. The Morgan fingerprint density at radius 3 is 2.48 bits per heavy atom. The molecule has 2 fully saturated rings. The van der Waals surface area contributed by atoms with Crippen LogP contribution in [-0.4, -0.2) is 59.1 Å². The molecule has 4 aromatic rings. The predicted molar refractivity (Wildman–Crippen MR) is 129 cm³/mol. The van der Waals surface area contributed by atoms with E-state index in [1.54, 1.807) is 6.20 Å². The maximum atomic E-state index is 12.7. The minimum atomic E-state index is -0.0735. The number of H-pyrrole nitrogens is 1. The third kappa shape index (κ3) is 3.94. The van der Waals surface area contributed by atoms with Crippen molar-refractivity contribution in [2.75, 3.05) is 44.3 Å². The quantitative estimate of drug-likeness (QED) is 0.515. The second-order valence-corrected chi connectivity index (χ2v) is 8.90. The van der Waals surface area contributed by atoms with Gasteiger partial charge in [0, 0.05) is 50.0 Å². The third-order valence-electron chi connectivity index (χ3n) is 6.73. The molecule has 7 nitrogen and oxygen atoms in total. The van der Waals surface area contributed by atoms with E-state index < -0.39 is 0 Å². The van der Waals surface area contributed by atoms with E-state index in [1.165, 1.54) is 11.3 Å². The molecule has 0 radical (unpaired) electrons. The van der Waals surface area contributed by atoms with Gasteiger partial charge in [-0.1, -0.05) is 30.3 Å². The van der Waals surface area contributed by atoms with Gasteiger partial charge in [0.15, 0.2) is 0 Å². The van der Waals surface area contributed by atoms with E-state index in [1.807, 2.05) is 35.0 Å². The number of benzene rings is 2. The van der Waals surface area contributed by atoms with Gasteiger partial charge in [0.25, 0.3) is 5.56 Å². The minimum Gasteiger partial charge on any atom is -0.379 e. The van der Waals surface area contributed by atoms with E-state index in [9.17, 15) is 4.79 Å². The Kier molecular flexibility index (Phi) is 5.20. The second kappa shape index (κ2) is 8.50. The lowest BCUT2D eigenvalue weighted by atomic mass is 9.94. The van der Waals surface area contributed by atoms with Gasteiger partial charge in [-0.15, -0.1) is 0 Å². The highest BCUT2D eigenvalue weighted by molar-refractivity contribution is 5.79. The number of nitrogens with zero attached hydrogens (tertiary/aromatic N) is 4. The van der Waals surface area contributed by atoms with Gasteiger partial charge < -0.3 is 14.6 Å². The molecule has 2 aromatic carbocycles. The normalized spacial score (nSPS) is 17.4. The molecule has 0 unspecified atom stereocenters. The molecule has 2 aliphatic rings. The Hall–Kier alpha value is -3.42. The fourth-order valence-electron chi connectivity index (χ4n) is 4.76. The smallest absolute Gasteiger partial charge is 0.259 e. The first-order valence-electron chi connectivity index (χ1n) is 11.5. The van der Waals surface area contributed by atoms with E-state index in [-0.39, 0.29) is 5.56 Å². The van der Waals surface area contributed by atoms with Gasteiger partial charge in [-0.05, 0) is 35.9 Å². The number of rotatable bonds is 5. The van der Waals surface area contributed by atoms with Crippen molar-refractivity contribution in [3.63, 3.8) is 0 Å². The Labute approximate surface area is 192 Å². The summed E-state index contributed by atoms with van der Waals surface area (Å²) >= 11 is 0. The van der Waals surface area contributed by atoms with E-state index in [0.717, 1.165) is 62.8 Å². The first kappa shape index (κ1) is 20.2. The summed E-state index contributed by atoms with van der Waals surface area (Å²) in [7, 11) is 0. The fraction of sp³-hybridized carbons (Fsp3) is 0.308. The van der Waals surface area contributed by atoms with Gasteiger partial charge in [-0.2, -0.15) is 5.10 Å². The summed E-state index contributed by atoms with van der Waals surface area (Å²) in [5.41, 5.74) is 5.28. The molecule has 0 aliphatic carbocycles. The summed E-state index contributed by atoms with van der Waals surface area (Å²) in [6, 6.07) is 20.9. The number of fused-ring (bicyclic) bond motifs is 1. The van der Waals surface area contributed by atoms with Crippen LogP contribution in [0.1, 0.15) is 17.2 Å². The monoisotopic (exact) mass is 441 g/mol. The average molecular weight is 442 g/mol. The molecule has 0 bridgehead atoms. The first-order valence-corrected chi connectivity index (χ1v) is 11.5. The summed E-state index contributed by atoms with van der Waals surface area (Å²) in [4.78, 5) is 20.6.